The van der Waals surface area contributed by atoms with Gasteiger partial charge in [-0.1, -0.05) is 18.2 Å². The first kappa shape index (κ1) is 23.4. The van der Waals surface area contributed by atoms with Crippen LogP contribution in [-0.2, 0) is 17.6 Å². The molecule has 0 amide bonds. The van der Waals surface area contributed by atoms with E-state index in [1.54, 1.807) is 25.1 Å². The van der Waals surface area contributed by atoms with Crippen LogP contribution in [0.4, 0.5) is 32.0 Å². The Hall–Kier alpha value is -3.73. The SMILES string of the molecule is Cc1ccc(C2=NC(c3c(F)cc(O)cc3F)ON2)cc1NCc1ccc(F)c(C(F)(F)F)c1. The Balaban J connectivity index is 1.55. The molecule has 34 heavy (non-hydrogen) atoms. The molecule has 1 heterocycles. The maximum atomic E-state index is 14.1. The molecule has 0 radical (unpaired) electrons. The van der Waals surface area contributed by atoms with Gasteiger partial charge in [0, 0.05) is 29.9 Å². The van der Waals surface area contributed by atoms with E-state index < -0.39 is 46.7 Å². The van der Waals surface area contributed by atoms with Gasteiger partial charge < -0.3 is 10.4 Å². The number of hydrogen-bond donors (Lipinski definition) is 3. The summed E-state index contributed by atoms with van der Waals surface area (Å²) in [5.74, 6) is -3.82. The van der Waals surface area contributed by atoms with Crippen LogP contribution in [0.2, 0.25) is 0 Å². The van der Waals surface area contributed by atoms with Crippen molar-refractivity contribution < 1.29 is 36.3 Å². The van der Waals surface area contributed by atoms with Crippen molar-refractivity contribution in [3.05, 3.63) is 93.8 Å². The molecular formula is C23H17F6N3O2. The van der Waals surface area contributed by atoms with Crippen molar-refractivity contribution >= 4 is 11.5 Å². The van der Waals surface area contributed by atoms with Crippen LogP contribution in [0.15, 0.2) is 53.5 Å². The number of aliphatic imine (C=N–C) groups is 1. The number of phenols is 1. The summed E-state index contributed by atoms with van der Waals surface area (Å²) < 4.78 is 80.6. The highest BCUT2D eigenvalue weighted by molar-refractivity contribution is 5.99. The Kier molecular flexibility index (Phi) is 6.13. The third-order valence-corrected chi connectivity index (χ3v) is 5.15. The number of rotatable bonds is 5. The van der Waals surface area contributed by atoms with Crippen LogP contribution < -0.4 is 10.8 Å². The van der Waals surface area contributed by atoms with Crippen molar-refractivity contribution in [2.45, 2.75) is 25.9 Å². The molecule has 3 aromatic rings. The number of nitrogens with one attached hydrogen (secondary N) is 2. The molecule has 178 valence electrons. The number of aromatic hydroxyl groups is 1. The Morgan fingerprint density at radius 1 is 1.00 bits per heavy atom. The lowest BCUT2D eigenvalue weighted by Gasteiger charge is -2.13. The molecule has 0 spiro atoms. The van der Waals surface area contributed by atoms with Gasteiger partial charge in [-0.25, -0.2) is 28.5 Å². The van der Waals surface area contributed by atoms with E-state index in [1.807, 2.05) is 0 Å². The third kappa shape index (κ3) is 4.79. The highest BCUT2D eigenvalue weighted by Gasteiger charge is 2.34. The molecule has 1 unspecified atom stereocenters. The summed E-state index contributed by atoms with van der Waals surface area (Å²) in [7, 11) is 0. The maximum Gasteiger partial charge on any atom is 0.419 e. The minimum Gasteiger partial charge on any atom is -0.508 e. The zero-order valence-electron chi connectivity index (χ0n) is 17.5. The molecule has 0 aromatic heterocycles. The molecule has 0 saturated heterocycles. The summed E-state index contributed by atoms with van der Waals surface area (Å²) >= 11 is 0. The first-order valence-corrected chi connectivity index (χ1v) is 9.91. The van der Waals surface area contributed by atoms with Crippen molar-refractivity contribution in [2.75, 3.05) is 5.32 Å². The molecule has 1 atom stereocenters. The van der Waals surface area contributed by atoms with Gasteiger partial charge in [-0.05, 0) is 36.2 Å². The van der Waals surface area contributed by atoms with Gasteiger partial charge in [0.15, 0.2) is 5.84 Å². The number of benzene rings is 3. The second kappa shape index (κ2) is 8.90. The Morgan fingerprint density at radius 2 is 1.71 bits per heavy atom. The molecule has 11 heteroatoms. The minimum atomic E-state index is -4.81. The lowest BCUT2D eigenvalue weighted by molar-refractivity contribution is -0.140. The largest absolute Gasteiger partial charge is 0.508 e. The Morgan fingerprint density at radius 3 is 2.38 bits per heavy atom. The van der Waals surface area contributed by atoms with Crippen LogP contribution >= 0.6 is 0 Å². The van der Waals surface area contributed by atoms with E-state index in [-0.39, 0.29) is 17.9 Å². The van der Waals surface area contributed by atoms with Gasteiger partial charge >= 0.3 is 6.18 Å². The normalized spacial score (nSPS) is 15.7. The summed E-state index contributed by atoms with van der Waals surface area (Å²) in [5, 5.41) is 12.3. The fraction of sp³-hybridized carbons (Fsp3) is 0.174. The number of aryl methyl sites for hydroxylation is 1. The molecule has 3 N–H and O–H groups in total. The van der Waals surface area contributed by atoms with Gasteiger partial charge in [0.05, 0.1) is 11.1 Å². The fourth-order valence-electron chi connectivity index (χ4n) is 3.40. The van der Waals surface area contributed by atoms with Crippen molar-refractivity contribution in [3.8, 4) is 5.75 Å². The first-order valence-electron chi connectivity index (χ1n) is 9.91. The van der Waals surface area contributed by atoms with Gasteiger partial charge in [0.1, 0.15) is 23.2 Å². The van der Waals surface area contributed by atoms with Crippen LogP contribution in [0.1, 0.15) is 34.0 Å². The Labute approximate surface area is 189 Å². The molecule has 0 saturated carbocycles. The number of hydroxylamine groups is 1. The quantitative estimate of drug-likeness (QED) is 0.408. The van der Waals surface area contributed by atoms with Gasteiger partial charge in [-0.2, -0.15) is 13.2 Å². The van der Waals surface area contributed by atoms with Crippen molar-refractivity contribution in [1.82, 2.24) is 5.48 Å². The average Bonchev–Trinajstić information content (AvgIpc) is 3.22. The van der Waals surface area contributed by atoms with Crippen LogP contribution in [0.3, 0.4) is 0 Å². The highest BCUT2D eigenvalue weighted by atomic mass is 19.4. The minimum absolute atomic E-state index is 0.0172. The topological polar surface area (TPSA) is 65.9 Å². The highest BCUT2D eigenvalue weighted by Crippen LogP contribution is 2.33. The predicted octanol–water partition coefficient (Wildman–Crippen LogP) is 5.73. The van der Waals surface area contributed by atoms with E-state index in [4.69, 9.17) is 4.84 Å². The monoisotopic (exact) mass is 481 g/mol. The summed E-state index contributed by atoms with van der Waals surface area (Å²) in [5.41, 5.74) is 2.67. The zero-order valence-corrected chi connectivity index (χ0v) is 17.5. The fourth-order valence-corrected chi connectivity index (χ4v) is 3.40. The molecule has 5 nitrogen and oxygen atoms in total. The number of phenolic OH excluding ortho intramolecular Hbond substituents is 1. The van der Waals surface area contributed by atoms with Gasteiger partial charge in [0.2, 0.25) is 6.23 Å². The van der Waals surface area contributed by atoms with E-state index in [0.717, 1.165) is 29.8 Å². The van der Waals surface area contributed by atoms with Crippen LogP contribution in [0.5, 0.6) is 5.75 Å². The molecule has 4 rings (SSSR count). The van der Waals surface area contributed by atoms with E-state index >= 15 is 0 Å². The van der Waals surface area contributed by atoms with Crippen LogP contribution in [0, 0.1) is 24.4 Å². The molecular weight excluding hydrogens is 464 g/mol. The maximum absolute atomic E-state index is 14.1. The van der Waals surface area contributed by atoms with Gasteiger partial charge in [-0.3, -0.25) is 0 Å². The predicted molar refractivity (Wildman–Crippen MR) is 111 cm³/mol. The number of hydrogen-bond acceptors (Lipinski definition) is 5. The molecule has 1 aliphatic heterocycles. The number of nitrogens with zero attached hydrogens (tertiary/aromatic N) is 1. The molecule has 0 aliphatic carbocycles. The Bertz CT molecular complexity index is 1250. The summed E-state index contributed by atoms with van der Waals surface area (Å²) in [4.78, 5) is 9.33. The lowest BCUT2D eigenvalue weighted by atomic mass is 10.1. The number of amidine groups is 1. The van der Waals surface area contributed by atoms with Gasteiger partial charge in [0.25, 0.3) is 0 Å². The molecule has 1 aliphatic rings. The van der Waals surface area contributed by atoms with Crippen molar-refractivity contribution in [1.29, 1.82) is 0 Å². The summed E-state index contributed by atoms with van der Waals surface area (Å²) in [6.45, 7) is 1.75. The zero-order chi connectivity index (χ0) is 24.6. The number of alkyl halides is 3. The molecule has 0 fully saturated rings. The molecule has 0 bridgehead atoms. The number of anilines is 1. The second-order valence-electron chi connectivity index (χ2n) is 7.57. The van der Waals surface area contributed by atoms with E-state index in [1.165, 1.54) is 6.07 Å². The van der Waals surface area contributed by atoms with E-state index in [2.05, 4.69) is 15.8 Å². The summed E-state index contributed by atoms with van der Waals surface area (Å²) in [6, 6.07) is 9.24. The van der Waals surface area contributed by atoms with E-state index in [0.29, 0.717) is 11.3 Å². The van der Waals surface area contributed by atoms with Crippen molar-refractivity contribution in [3.63, 3.8) is 0 Å². The van der Waals surface area contributed by atoms with Crippen molar-refractivity contribution in [2.24, 2.45) is 4.99 Å². The molecule has 3 aromatic carbocycles. The smallest absolute Gasteiger partial charge is 0.419 e. The average molecular weight is 481 g/mol. The van der Waals surface area contributed by atoms with E-state index in [9.17, 15) is 31.4 Å². The van der Waals surface area contributed by atoms with Crippen LogP contribution in [-0.4, -0.2) is 10.9 Å². The third-order valence-electron chi connectivity index (χ3n) is 5.15. The summed E-state index contributed by atoms with van der Waals surface area (Å²) in [6.07, 6.45) is -6.15. The van der Waals surface area contributed by atoms with Gasteiger partial charge in [-0.15, -0.1) is 0 Å². The lowest BCUT2D eigenvalue weighted by Crippen LogP contribution is -2.18. The van der Waals surface area contributed by atoms with Crippen LogP contribution in [0.25, 0.3) is 0 Å². The number of halogens is 6. The first-order chi connectivity index (χ1) is 16.0. The second-order valence-corrected chi connectivity index (χ2v) is 7.57. The standard InChI is InChI=1S/C23H17F6N3O2/c1-11-2-4-13(21-31-22(34-32-21)20-17(25)8-14(33)9-18(20)26)7-19(11)30-10-12-3-5-16(24)15(6-12)23(27,28)29/h2-9,22,30,33H,10H2,1H3,(H,31,32).